The van der Waals surface area contributed by atoms with E-state index in [2.05, 4.69) is 10.3 Å². The molecule has 6 heteroatoms. The second kappa shape index (κ2) is 5.14. The Morgan fingerprint density at radius 3 is 2.94 bits per heavy atom. The van der Waals surface area contributed by atoms with Gasteiger partial charge >= 0.3 is 0 Å². The number of hydrogen-bond donors (Lipinski definition) is 2. The van der Waals surface area contributed by atoms with Crippen molar-refractivity contribution in [3.05, 3.63) is 45.7 Å². The first kappa shape index (κ1) is 12.5. The third kappa shape index (κ3) is 2.84. The van der Waals surface area contributed by atoms with E-state index in [0.717, 1.165) is 10.7 Å². The van der Waals surface area contributed by atoms with Gasteiger partial charge in [-0.3, -0.25) is 4.79 Å². The maximum Gasteiger partial charge on any atom is 0.248 e. The van der Waals surface area contributed by atoms with Crippen molar-refractivity contribution in [1.29, 1.82) is 0 Å². The molecule has 0 atom stereocenters. The Morgan fingerprint density at radius 1 is 1.56 bits per heavy atom. The number of nitrogens with one attached hydrogen (secondary N) is 1. The molecule has 4 nitrogen and oxygen atoms in total. The van der Waals surface area contributed by atoms with Gasteiger partial charge in [-0.25, -0.2) is 9.37 Å². The van der Waals surface area contributed by atoms with E-state index >= 15 is 0 Å². The van der Waals surface area contributed by atoms with Crippen LogP contribution >= 0.6 is 11.3 Å². The Kier molecular flexibility index (Phi) is 3.57. The van der Waals surface area contributed by atoms with E-state index in [1.807, 2.05) is 12.3 Å². The summed E-state index contributed by atoms with van der Waals surface area (Å²) in [5, 5.41) is 5.68. The van der Waals surface area contributed by atoms with E-state index in [-0.39, 0.29) is 11.3 Å². The maximum atomic E-state index is 13.5. The average Bonchev–Trinajstić information content (AvgIpc) is 2.74. The lowest BCUT2D eigenvalue weighted by Gasteiger charge is -2.07. The highest BCUT2D eigenvalue weighted by Gasteiger charge is 2.07. The molecule has 0 radical (unpaired) electrons. The number of nitrogens with two attached hydrogens (primary N) is 1. The lowest BCUT2D eigenvalue weighted by Crippen LogP contribution is -2.12. The first-order chi connectivity index (χ1) is 8.56. The van der Waals surface area contributed by atoms with E-state index in [1.165, 1.54) is 29.5 Å². The number of carbonyl (C=O) groups excluding carboxylic acids is 1. The quantitative estimate of drug-likeness (QED) is 0.891. The zero-order valence-corrected chi connectivity index (χ0v) is 10.6. The van der Waals surface area contributed by atoms with Crippen molar-refractivity contribution in [2.75, 3.05) is 5.32 Å². The Morgan fingerprint density at radius 2 is 2.33 bits per heavy atom. The molecule has 18 heavy (non-hydrogen) atoms. The number of thiazole rings is 1. The van der Waals surface area contributed by atoms with Crippen molar-refractivity contribution in [2.45, 2.75) is 13.5 Å². The first-order valence-corrected chi connectivity index (χ1v) is 6.18. The molecule has 0 aliphatic rings. The van der Waals surface area contributed by atoms with E-state index in [1.54, 1.807) is 0 Å². The van der Waals surface area contributed by atoms with Gasteiger partial charge in [0.2, 0.25) is 5.91 Å². The monoisotopic (exact) mass is 265 g/mol. The number of hydrogen-bond acceptors (Lipinski definition) is 4. The van der Waals surface area contributed by atoms with Gasteiger partial charge in [0.15, 0.2) is 0 Å². The minimum atomic E-state index is -0.580. The predicted octanol–water partition coefficient (Wildman–Crippen LogP) is 2.30. The highest BCUT2D eigenvalue weighted by Crippen LogP contribution is 2.18. The highest BCUT2D eigenvalue weighted by molar-refractivity contribution is 7.09. The Bertz CT molecular complexity index is 582. The van der Waals surface area contributed by atoms with Gasteiger partial charge in [0.05, 0.1) is 12.2 Å². The fourth-order valence-corrected chi connectivity index (χ4v) is 2.18. The number of carbonyl (C=O) groups is 1. The Balaban J connectivity index is 2.13. The molecule has 3 N–H and O–H groups in total. The number of rotatable bonds is 4. The molecular formula is C12H12FN3OS. The van der Waals surface area contributed by atoms with E-state index < -0.39 is 11.7 Å². The second-order valence-corrected chi connectivity index (χ2v) is 4.74. The van der Waals surface area contributed by atoms with Gasteiger partial charge in [-0.1, -0.05) is 0 Å². The number of anilines is 1. The van der Waals surface area contributed by atoms with Crippen molar-refractivity contribution >= 4 is 22.9 Å². The minimum Gasteiger partial charge on any atom is -0.376 e. The molecule has 0 unspecified atom stereocenters. The molecule has 0 saturated carbocycles. The lowest BCUT2D eigenvalue weighted by molar-refractivity contribution is 0.100. The van der Waals surface area contributed by atoms with Crippen LogP contribution in [0.4, 0.5) is 10.1 Å². The minimum absolute atomic E-state index is 0.249. The second-order valence-electron chi connectivity index (χ2n) is 3.80. The maximum absolute atomic E-state index is 13.5. The summed E-state index contributed by atoms with van der Waals surface area (Å²) < 4.78 is 13.5. The number of aryl methyl sites for hydroxylation is 1. The predicted molar refractivity (Wildman–Crippen MR) is 69.1 cm³/mol. The topological polar surface area (TPSA) is 68.0 Å². The zero-order chi connectivity index (χ0) is 13.1. The number of halogens is 1. The van der Waals surface area contributed by atoms with Crippen LogP contribution in [-0.4, -0.2) is 10.9 Å². The SMILES string of the molecule is Cc1csc(CNc2cc(C(N)=O)ccc2F)n1. The largest absolute Gasteiger partial charge is 0.376 e. The molecular weight excluding hydrogens is 253 g/mol. The van der Waals surface area contributed by atoms with Crippen molar-refractivity contribution < 1.29 is 9.18 Å². The van der Waals surface area contributed by atoms with Crippen molar-refractivity contribution in [1.82, 2.24) is 4.98 Å². The van der Waals surface area contributed by atoms with Gasteiger partial charge in [-0.15, -0.1) is 11.3 Å². The molecule has 0 spiro atoms. The van der Waals surface area contributed by atoms with Gasteiger partial charge in [0, 0.05) is 16.6 Å². The normalized spacial score (nSPS) is 10.3. The summed E-state index contributed by atoms with van der Waals surface area (Å²) in [5.41, 5.74) is 6.60. The van der Waals surface area contributed by atoms with E-state index in [9.17, 15) is 9.18 Å². The fraction of sp³-hybridized carbons (Fsp3) is 0.167. The van der Waals surface area contributed by atoms with Gasteiger partial charge in [0.1, 0.15) is 10.8 Å². The third-order valence-corrected chi connectivity index (χ3v) is 3.31. The van der Waals surface area contributed by atoms with Crippen LogP contribution < -0.4 is 11.1 Å². The lowest BCUT2D eigenvalue weighted by atomic mass is 10.2. The number of benzene rings is 1. The summed E-state index contributed by atoms with van der Waals surface area (Å²) in [6.45, 7) is 2.31. The van der Waals surface area contributed by atoms with Crippen LogP contribution in [-0.2, 0) is 6.54 Å². The van der Waals surface area contributed by atoms with Crippen LogP contribution in [0.15, 0.2) is 23.6 Å². The molecule has 1 heterocycles. The van der Waals surface area contributed by atoms with Gasteiger partial charge < -0.3 is 11.1 Å². The molecule has 0 bridgehead atoms. The molecule has 2 aromatic rings. The molecule has 1 amide bonds. The van der Waals surface area contributed by atoms with Gasteiger partial charge in [-0.05, 0) is 25.1 Å². The zero-order valence-electron chi connectivity index (χ0n) is 9.74. The number of aromatic nitrogens is 1. The van der Waals surface area contributed by atoms with Crippen LogP contribution in [0.25, 0.3) is 0 Å². The molecule has 0 saturated heterocycles. The summed E-state index contributed by atoms with van der Waals surface area (Å²) in [7, 11) is 0. The molecule has 2 rings (SSSR count). The average molecular weight is 265 g/mol. The molecule has 1 aromatic heterocycles. The third-order valence-electron chi connectivity index (χ3n) is 2.35. The molecule has 94 valence electrons. The highest BCUT2D eigenvalue weighted by atomic mass is 32.1. The molecule has 0 aliphatic heterocycles. The van der Waals surface area contributed by atoms with Crippen molar-refractivity contribution in [3.63, 3.8) is 0 Å². The molecule has 1 aromatic carbocycles. The number of amides is 1. The fourth-order valence-electron chi connectivity index (χ4n) is 1.47. The first-order valence-electron chi connectivity index (χ1n) is 5.30. The summed E-state index contributed by atoms with van der Waals surface area (Å²) in [6.07, 6.45) is 0. The summed E-state index contributed by atoms with van der Waals surface area (Å²) in [6, 6.07) is 3.98. The Hall–Kier alpha value is -1.95. The van der Waals surface area contributed by atoms with Gasteiger partial charge in [0.25, 0.3) is 0 Å². The van der Waals surface area contributed by atoms with Crippen LogP contribution in [0.3, 0.4) is 0 Å². The van der Waals surface area contributed by atoms with Crippen molar-refractivity contribution in [2.24, 2.45) is 5.73 Å². The number of nitrogens with zero attached hydrogens (tertiary/aromatic N) is 1. The van der Waals surface area contributed by atoms with Crippen LogP contribution in [0.2, 0.25) is 0 Å². The standard InChI is InChI=1S/C12H12FN3OS/c1-7-6-18-11(16-7)5-15-10-4-8(12(14)17)2-3-9(10)13/h2-4,6,15H,5H2,1H3,(H2,14,17). The van der Waals surface area contributed by atoms with Crippen LogP contribution in [0.1, 0.15) is 21.1 Å². The van der Waals surface area contributed by atoms with Crippen LogP contribution in [0, 0.1) is 12.7 Å². The van der Waals surface area contributed by atoms with E-state index in [0.29, 0.717) is 6.54 Å². The summed E-state index contributed by atoms with van der Waals surface area (Å²) >= 11 is 1.50. The van der Waals surface area contributed by atoms with Crippen molar-refractivity contribution in [3.8, 4) is 0 Å². The number of primary amides is 1. The molecule has 0 aliphatic carbocycles. The van der Waals surface area contributed by atoms with Crippen LogP contribution in [0.5, 0.6) is 0 Å². The Labute approximate surface area is 108 Å². The van der Waals surface area contributed by atoms with Gasteiger partial charge in [-0.2, -0.15) is 0 Å². The summed E-state index contributed by atoms with van der Waals surface area (Å²) in [5.74, 6) is -1.00. The van der Waals surface area contributed by atoms with E-state index in [4.69, 9.17) is 5.73 Å². The molecule has 0 fully saturated rings. The smallest absolute Gasteiger partial charge is 0.248 e. The summed E-state index contributed by atoms with van der Waals surface area (Å²) in [4.78, 5) is 15.3.